The number of carbonyl (C=O) groups is 2. The first-order valence-corrected chi connectivity index (χ1v) is 17.4. The van der Waals surface area contributed by atoms with Crippen molar-refractivity contribution in [2.45, 2.75) is 49.3 Å². The first kappa shape index (κ1) is 40.3. The number of ether oxygens (including phenoxy) is 3. The van der Waals surface area contributed by atoms with Gasteiger partial charge in [0, 0.05) is 34.7 Å². The molecule has 0 radical (unpaired) electrons. The fraction of sp³-hybridized carbons (Fsp3) is 0.333. The molecular weight excluding hydrogens is 694 g/mol. The molecule has 4 rings (SSSR count). The van der Waals surface area contributed by atoms with Gasteiger partial charge in [0.15, 0.2) is 0 Å². The number of nitrogen functional groups attached to an aromatic ring is 1. The minimum absolute atomic E-state index is 0.0619. The summed E-state index contributed by atoms with van der Waals surface area (Å²) in [5, 5.41) is 20.6. The lowest BCUT2D eigenvalue weighted by molar-refractivity contribution is -0.152. The molecular formula is C36H40ClN7O6S. The van der Waals surface area contributed by atoms with Crippen LogP contribution in [0.15, 0.2) is 64.2 Å². The number of methoxy groups -OCH3 is 1. The Bertz CT molecular complexity index is 1780. The van der Waals surface area contributed by atoms with Gasteiger partial charge in [-0.3, -0.25) is 9.59 Å². The van der Waals surface area contributed by atoms with Crippen molar-refractivity contribution in [3.05, 3.63) is 76.6 Å². The Hall–Kier alpha value is -5.12. The van der Waals surface area contributed by atoms with Gasteiger partial charge in [0.05, 0.1) is 18.4 Å². The van der Waals surface area contributed by atoms with Gasteiger partial charge in [0.25, 0.3) is 0 Å². The molecule has 0 aliphatic rings. The monoisotopic (exact) mass is 733 g/mol. The summed E-state index contributed by atoms with van der Waals surface area (Å²) in [6, 6.07) is 18.5. The van der Waals surface area contributed by atoms with Gasteiger partial charge in [0.1, 0.15) is 53.8 Å². The third kappa shape index (κ3) is 12.9. The Morgan fingerprint density at radius 2 is 1.41 bits per heavy atom. The van der Waals surface area contributed by atoms with E-state index in [1.807, 2.05) is 12.1 Å². The molecule has 268 valence electrons. The fourth-order valence-electron chi connectivity index (χ4n) is 4.47. The third-order valence-electron chi connectivity index (χ3n) is 7.07. The molecule has 4 aromatic rings. The van der Waals surface area contributed by atoms with Crippen molar-refractivity contribution in [1.29, 1.82) is 10.5 Å². The fourth-order valence-corrected chi connectivity index (χ4v) is 5.47. The number of pyridine rings is 1. The van der Waals surface area contributed by atoms with E-state index in [1.165, 1.54) is 11.8 Å². The Morgan fingerprint density at radius 1 is 0.843 bits per heavy atom. The molecule has 51 heavy (non-hydrogen) atoms. The van der Waals surface area contributed by atoms with Gasteiger partial charge < -0.3 is 35.8 Å². The molecule has 15 heteroatoms. The van der Waals surface area contributed by atoms with Crippen LogP contribution in [-0.2, 0) is 24.8 Å². The predicted molar refractivity (Wildman–Crippen MR) is 194 cm³/mol. The van der Waals surface area contributed by atoms with Crippen molar-refractivity contribution in [3.63, 3.8) is 0 Å². The molecule has 2 aromatic carbocycles. The number of nitrogens with zero attached hydrogens (tertiary/aromatic N) is 4. The number of nitriles is 2. The Morgan fingerprint density at radius 3 is 1.94 bits per heavy atom. The maximum Gasteiger partial charge on any atom is 0.305 e. The molecule has 13 nitrogen and oxygen atoms in total. The van der Waals surface area contributed by atoms with E-state index in [4.69, 9.17) is 47.4 Å². The summed E-state index contributed by atoms with van der Waals surface area (Å²) >= 11 is 7.23. The number of rotatable bonds is 17. The van der Waals surface area contributed by atoms with Crippen LogP contribution in [0.5, 0.6) is 5.75 Å². The van der Waals surface area contributed by atoms with Crippen LogP contribution in [0.25, 0.3) is 22.6 Å². The van der Waals surface area contributed by atoms with Gasteiger partial charge in [-0.25, -0.2) is 9.97 Å². The van der Waals surface area contributed by atoms with E-state index in [0.29, 0.717) is 70.2 Å². The lowest BCUT2D eigenvalue weighted by atomic mass is 9.97. The summed E-state index contributed by atoms with van der Waals surface area (Å²) in [7, 11) is 1.57. The lowest BCUT2D eigenvalue weighted by Gasteiger charge is -2.13. The number of halogens is 1. The number of thioether (sulfide) groups is 1. The van der Waals surface area contributed by atoms with E-state index in [-0.39, 0.29) is 42.1 Å². The second kappa shape index (κ2) is 21.9. The van der Waals surface area contributed by atoms with Crippen LogP contribution < -0.4 is 21.9 Å². The van der Waals surface area contributed by atoms with Crippen molar-refractivity contribution in [2.75, 3.05) is 39.1 Å². The molecule has 0 aliphatic carbocycles. The zero-order valence-electron chi connectivity index (χ0n) is 28.2. The lowest BCUT2D eigenvalue weighted by Crippen LogP contribution is -2.14. The minimum Gasteiger partial charge on any atom is -0.497 e. The number of nitrogens with two attached hydrogens (primary N) is 3. The van der Waals surface area contributed by atoms with E-state index >= 15 is 0 Å². The van der Waals surface area contributed by atoms with E-state index in [2.05, 4.69) is 22.1 Å². The second-order valence-electron chi connectivity index (χ2n) is 10.8. The summed E-state index contributed by atoms with van der Waals surface area (Å²) in [4.78, 5) is 31.1. The van der Waals surface area contributed by atoms with Crippen molar-refractivity contribution < 1.29 is 28.2 Å². The SMILES string of the molecule is COc1ccc(-c2c(C#N)c(N)nc(SCc3coc(-c4ccc(Cl)cc4)n3)c2C#N)cc1.NCCCCC(=O)OCCOC(=O)CCCCN. The number of esters is 2. The standard InChI is InChI=1S/C24H16ClN5O2S.C12H24N2O4/c1-31-18-8-4-14(5-9-18)21-19(10-26)22(28)30-24(20(21)11-27)33-13-17-12-32-23(29-17)15-2-6-16(25)7-3-15;13-7-3-1-5-11(15)17-9-10-18-12(16)6-2-4-8-14/h2-9,12H,13H2,1H3,(H2,28,30);1-10,13-14H2. The molecule has 0 saturated heterocycles. The largest absolute Gasteiger partial charge is 0.497 e. The highest BCUT2D eigenvalue weighted by molar-refractivity contribution is 7.98. The molecule has 0 fully saturated rings. The van der Waals surface area contributed by atoms with Gasteiger partial charge in [-0.05, 0) is 80.7 Å². The third-order valence-corrected chi connectivity index (χ3v) is 8.33. The molecule has 0 amide bonds. The molecule has 0 atom stereocenters. The molecule has 6 N–H and O–H groups in total. The molecule has 0 aliphatic heterocycles. The van der Waals surface area contributed by atoms with Gasteiger partial charge in [-0.15, -0.1) is 0 Å². The van der Waals surface area contributed by atoms with Crippen molar-refractivity contribution in [1.82, 2.24) is 9.97 Å². The van der Waals surface area contributed by atoms with Crippen molar-refractivity contribution in [2.24, 2.45) is 11.5 Å². The smallest absolute Gasteiger partial charge is 0.305 e. The zero-order valence-corrected chi connectivity index (χ0v) is 29.8. The number of hydrogen-bond acceptors (Lipinski definition) is 14. The number of aromatic nitrogens is 2. The maximum absolute atomic E-state index is 11.2. The van der Waals surface area contributed by atoms with Crippen LogP contribution in [-0.4, -0.2) is 55.3 Å². The number of carbonyl (C=O) groups excluding carboxylic acids is 2. The van der Waals surface area contributed by atoms with Crippen LogP contribution in [0.4, 0.5) is 5.82 Å². The zero-order chi connectivity index (χ0) is 37.0. The Balaban J connectivity index is 0.000000333. The Kier molecular flexibility index (Phi) is 17.3. The number of unbranched alkanes of at least 4 members (excludes halogenated alkanes) is 2. The summed E-state index contributed by atoms with van der Waals surface area (Å²) in [5.41, 5.74) is 19.7. The van der Waals surface area contributed by atoms with Gasteiger partial charge >= 0.3 is 11.9 Å². The van der Waals surface area contributed by atoms with Crippen molar-refractivity contribution >= 4 is 41.1 Å². The number of hydrogen-bond donors (Lipinski definition) is 3. The normalized spacial score (nSPS) is 10.3. The van der Waals surface area contributed by atoms with E-state index in [1.54, 1.807) is 49.8 Å². The van der Waals surface area contributed by atoms with Gasteiger partial charge in [-0.2, -0.15) is 10.5 Å². The summed E-state index contributed by atoms with van der Waals surface area (Å²) in [5.74, 6) is 1.03. The van der Waals surface area contributed by atoms with E-state index in [0.717, 1.165) is 31.2 Å². The predicted octanol–water partition coefficient (Wildman–Crippen LogP) is 6.01. The van der Waals surface area contributed by atoms with Gasteiger partial charge in [0.2, 0.25) is 5.89 Å². The molecule has 2 aromatic heterocycles. The van der Waals surface area contributed by atoms with Crippen LogP contribution in [0.1, 0.15) is 55.3 Å². The quantitative estimate of drug-likeness (QED) is 0.0641. The summed E-state index contributed by atoms with van der Waals surface area (Å²) in [6.07, 6.45) is 5.36. The first-order chi connectivity index (χ1) is 24.7. The average Bonchev–Trinajstić information content (AvgIpc) is 3.62. The molecule has 0 saturated carbocycles. The molecule has 0 spiro atoms. The highest BCUT2D eigenvalue weighted by atomic mass is 35.5. The van der Waals surface area contributed by atoms with Crippen molar-refractivity contribution in [3.8, 4) is 40.5 Å². The molecule has 2 heterocycles. The summed E-state index contributed by atoms with van der Waals surface area (Å²) in [6.45, 7) is 1.38. The summed E-state index contributed by atoms with van der Waals surface area (Å²) < 4.78 is 20.6. The van der Waals surface area contributed by atoms with Crippen LogP contribution >= 0.6 is 23.4 Å². The number of anilines is 1. The first-order valence-electron chi connectivity index (χ1n) is 16.1. The Labute approximate surface area is 306 Å². The van der Waals surface area contributed by atoms with Crippen LogP contribution in [0.2, 0.25) is 5.02 Å². The minimum atomic E-state index is -0.275. The van der Waals surface area contributed by atoms with Gasteiger partial charge in [-0.1, -0.05) is 35.5 Å². The molecule has 0 unspecified atom stereocenters. The van der Waals surface area contributed by atoms with E-state index in [9.17, 15) is 20.1 Å². The maximum atomic E-state index is 11.2. The second-order valence-corrected chi connectivity index (χ2v) is 12.2. The van der Waals surface area contributed by atoms with E-state index < -0.39 is 0 Å². The highest BCUT2D eigenvalue weighted by Crippen LogP contribution is 2.37. The molecule has 0 bridgehead atoms. The topological polar surface area (TPSA) is 226 Å². The highest BCUT2D eigenvalue weighted by Gasteiger charge is 2.21. The van der Waals surface area contributed by atoms with Crippen LogP contribution in [0, 0.1) is 22.7 Å². The number of oxazole rings is 1. The average molecular weight is 734 g/mol. The van der Waals surface area contributed by atoms with Crippen LogP contribution in [0.3, 0.4) is 0 Å². The number of benzene rings is 2.